The van der Waals surface area contributed by atoms with Gasteiger partial charge in [0.2, 0.25) is 0 Å². The topological polar surface area (TPSA) is 49.3 Å². The van der Waals surface area contributed by atoms with E-state index in [4.69, 9.17) is 11.6 Å². The minimum atomic E-state index is -5.03. The molecule has 0 aromatic heterocycles. The van der Waals surface area contributed by atoms with Gasteiger partial charge in [0, 0.05) is 16.3 Å². The molecule has 2 N–H and O–H groups in total. The molecule has 0 radical (unpaired) electrons. The third-order valence-corrected chi connectivity index (χ3v) is 3.21. The summed E-state index contributed by atoms with van der Waals surface area (Å²) in [5.74, 6) is -1.43. The zero-order valence-electron chi connectivity index (χ0n) is 12.0. The van der Waals surface area contributed by atoms with Crippen LogP contribution in [0.25, 0.3) is 0 Å². The van der Waals surface area contributed by atoms with Crippen molar-refractivity contribution < 1.29 is 36.2 Å². The molecule has 0 aliphatic rings. The van der Waals surface area contributed by atoms with Gasteiger partial charge >= 0.3 is 12.4 Å². The first-order valence-corrected chi connectivity index (χ1v) is 6.84. The normalized spacial score (nSPS) is 12.1. The molecule has 0 aliphatic carbocycles. The number of carbonyl (C=O) groups is 1. The van der Waals surface area contributed by atoms with Crippen LogP contribution in [0, 0.1) is 0 Å². The van der Waals surface area contributed by atoms with Crippen molar-refractivity contribution in [2.75, 3.05) is 5.32 Å². The Labute approximate surface area is 141 Å². The highest BCUT2D eigenvalue weighted by Gasteiger charge is 2.37. The molecule has 0 heterocycles. The van der Waals surface area contributed by atoms with Crippen molar-refractivity contribution in [1.29, 1.82) is 0 Å². The van der Waals surface area contributed by atoms with Gasteiger partial charge in [-0.1, -0.05) is 11.6 Å². The highest BCUT2D eigenvalue weighted by atomic mass is 35.5. The molecule has 25 heavy (non-hydrogen) atoms. The number of amides is 1. The fraction of sp³-hybridized carbons (Fsp3) is 0.133. The van der Waals surface area contributed by atoms with Crippen molar-refractivity contribution in [3.05, 3.63) is 58.1 Å². The number of anilines is 1. The van der Waals surface area contributed by atoms with Crippen molar-refractivity contribution in [3.63, 3.8) is 0 Å². The summed E-state index contributed by atoms with van der Waals surface area (Å²) in [6, 6.07) is 3.84. The first kappa shape index (κ1) is 18.9. The lowest BCUT2D eigenvalue weighted by atomic mass is 10.1. The number of alkyl halides is 6. The number of phenols is 1. The second kappa shape index (κ2) is 6.47. The molecular formula is C15H8ClF6NO2. The van der Waals surface area contributed by atoms with Gasteiger partial charge in [0.05, 0.1) is 11.1 Å². The Morgan fingerprint density at radius 1 is 0.880 bits per heavy atom. The SMILES string of the molecule is O=C(Nc1cc(C(F)(F)F)cc(C(F)(F)F)c1)c1cc(O)cc(Cl)c1. The van der Waals surface area contributed by atoms with Gasteiger partial charge in [0.25, 0.3) is 5.91 Å². The summed E-state index contributed by atoms with van der Waals surface area (Å²) in [7, 11) is 0. The minimum absolute atomic E-state index is 0.0369. The van der Waals surface area contributed by atoms with Crippen molar-refractivity contribution in [3.8, 4) is 5.75 Å². The van der Waals surface area contributed by atoms with Gasteiger partial charge in [-0.25, -0.2) is 0 Å². The van der Waals surface area contributed by atoms with Gasteiger partial charge in [0.15, 0.2) is 0 Å². The van der Waals surface area contributed by atoms with E-state index in [1.807, 2.05) is 5.32 Å². The molecule has 0 aliphatic heterocycles. The lowest BCUT2D eigenvalue weighted by molar-refractivity contribution is -0.143. The average Bonchev–Trinajstić information content (AvgIpc) is 2.44. The van der Waals surface area contributed by atoms with E-state index in [0.717, 1.165) is 18.2 Å². The Kier molecular flexibility index (Phi) is 4.90. The Morgan fingerprint density at radius 2 is 1.40 bits per heavy atom. The van der Waals surface area contributed by atoms with E-state index in [1.54, 1.807) is 0 Å². The van der Waals surface area contributed by atoms with Gasteiger partial charge in [-0.2, -0.15) is 26.3 Å². The summed E-state index contributed by atoms with van der Waals surface area (Å²) < 4.78 is 76.6. The first-order chi connectivity index (χ1) is 11.4. The fourth-order valence-corrected chi connectivity index (χ4v) is 2.16. The van der Waals surface area contributed by atoms with E-state index < -0.39 is 40.8 Å². The molecule has 0 atom stereocenters. The van der Waals surface area contributed by atoms with Crippen LogP contribution in [0.3, 0.4) is 0 Å². The number of aromatic hydroxyl groups is 1. The third kappa shape index (κ3) is 4.79. The molecule has 0 unspecified atom stereocenters. The number of rotatable bonds is 2. The number of hydrogen-bond donors (Lipinski definition) is 2. The third-order valence-electron chi connectivity index (χ3n) is 2.99. The summed E-state index contributed by atoms with van der Waals surface area (Å²) in [5.41, 5.74) is -4.07. The van der Waals surface area contributed by atoms with Crippen LogP contribution < -0.4 is 5.32 Å². The number of phenolic OH excluding ortho intramolecular Hbond substituents is 1. The molecule has 0 spiro atoms. The number of benzene rings is 2. The largest absolute Gasteiger partial charge is 0.508 e. The fourth-order valence-electron chi connectivity index (χ4n) is 1.94. The predicted molar refractivity (Wildman–Crippen MR) is 77.5 cm³/mol. The second-order valence-corrected chi connectivity index (χ2v) is 5.38. The Hall–Kier alpha value is -2.42. The van der Waals surface area contributed by atoms with E-state index in [0.29, 0.717) is 12.1 Å². The minimum Gasteiger partial charge on any atom is -0.508 e. The maximum atomic E-state index is 12.8. The van der Waals surface area contributed by atoms with Crippen LogP contribution in [0.5, 0.6) is 5.75 Å². The smallest absolute Gasteiger partial charge is 0.416 e. The monoisotopic (exact) mass is 383 g/mol. The maximum absolute atomic E-state index is 12.8. The van der Waals surface area contributed by atoms with E-state index in [9.17, 15) is 36.2 Å². The van der Waals surface area contributed by atoms with E-state index in [2.05, 4.69) is 0 Å². The van der Waals surface area contributed by atoms with Crippen LogP contribution in [-0.4, -0.2) is 11.0 Å². The highest BCUT2D eigenvalue weighted by molar-refractivity contribution is 6.31. The van der Waals surface area contributed by atoms with Gasteiger partial charge in [-0.15, -0.1) is 0 Å². The number of halogens is 7. The Morgan fingerprint density at radius 3 is 1.84 bits per heavy atom. The molecule has 2 rings (SSSR count). The van der Waals surface area contributed by atoms with Crippen molar-refractivity contribution in [1.82, 2.24) is 0 Å². The highest BCUT2D eigenvalue weighted by Crippen LogP contribution is 2.37. The van der Waals surface area contributed by atoms with Gasteiger partial charge in [-0.3, -0.25) is 4.79 Å². The molecule has 0 saturated carbocycles. The summed E-state index contributed by atoms with van der Waals surface area (Å²) in [6.45, 7) is 0. The van der Waals surface area contributed by atoms with Crippen LogP contribution in [-0.2, 0) is 12.4 Å². The molecule has 0 saturated heterocycles. The summed E-state index contributed by atoms with van der Waals surface area (Å²) in [5, 5.41) is 11.2. The van der Waals surface area contributed by atoms with Crippen LogP contribution in [0.2, 0.25) is 5.02 Å². The van der Waals surface area contributed by atoms with E-state index in [1.165, 1.54) is 0 Å². The molecular weight excluding hydrogens is 376 g/mol. The molecule has 0 fully saturated rings. The molecule has 2 aromatic carbocycles. The first-order valence-electron chi connectivity index (χ1n) is 6.46. The molecule has 3 nitrogen and oxygen atoms in total. The predicted octanol–water partition coefficient (Wildman–Crippen LogP) is 5.34. The summed E-state index contributed by atoms with van der Waals surface area (Å²) in [6.07, 6.45) is -10.1. The molecule has 0 bridgehead atoms. The molecule has 1 amide bonds. The van der Waals surface area contributed by atoms with Crippen LogP contribution >= 0.6 is 11.6 Å². The Balaban J connectivity index is 2.42. The van der Waals surface area contributed by atoms with Crippen molar-refractivity contribution in [2.24, 2.45) is 0 Å². The number of carbonyl (C=O) groups excluding carboxylic acids is 1. The molecule has 10 heteroatoms. The van der Waals surface area contributed by atoms with Crippen molar-refractivity contribution >= 4 is 23.2 Å². The molecule has 134 valence electrons. The quantitative estimate of drug-likeness (QED) is 0.688. The van der Waals surface area contributed by atoms with Gasteiger partial charge in [0.1, 0.15) is 5.75 Å². The van der Waals surface area contributed by atoms with Crippen LogP contribution in [0.1, 0.15) is 21.5 Å². The average molecular weight is 384 g/mol. The lowest BCUT2D eigenvalue weighted by Crippen LogP contribution is -2.16. The van der Waals surface area contributed by atoms with Gasteiger partial charge in [-0.05, 0) is 36.4 Å². The van der Waals surface area contributed by atoms with E-state index in [-0.39, 0.29) is 16.7 Å². The zero-order chi connectivity index (χ0) is 19.0. The standard InChI is InChI=1S/C15H8ClF6NO2/c16-10-1-7(2-12(24)6-10)13(25)23-11-4-8(14(17,18)19)3-9(5-11)15(20,21)22/h1-6,24H,(H,23,25). The summed E-state index contributed by atoms with van der Waals surface area (Å²) in [4.78, 5) is 12.0. The number of hydrogen-bond acceptors (Lipinski definition) is 2. The lowest BCUT2D eigenvalue weighted by Gasteiger charge is -2.15. The molecule has 2 aromatic rings. The maximum Gasteiger partial charge on any atom is 0.416 e. The second-order valence-electron chi connectivity index (χ2n) is 4.95. The summed E-state index contributed by atoms with van der Waals surface area (Å²) >= 11 is 5.63. The number of nitrogens with one attached hydrogen (secondary N) is 1. The Bertz CT molecular complexity index is 764. The van der Waals surface area contributed by atoms with Gasteiger partial charge < -0.3 is 10.4 Å². The zero-order valence-corrected chi connectivity index (χ0v) is 12.7. The van der Waals surface area contributed by atoms with Crippen molar-refractivity contribution in [2.45, 2.75) is 12.4 Å². The van der Waals surface area contributed by atoms with Crippen LogP contribution in [0.4, 0.5) is 32.0 Å². The van der Waals surface area contributed by atoms with Crippen LogP contribution in [0.15, 0.2) is 36.4 Å². The van der Waals surface area contributed by atoms with E-state index >= 15 is 0 Å².